The minimum absolute atomic E-state index is 0.00167. The van der Waals surface area contributed by atoms with Gasteiger partial charge in [-0.1, -0.05) is 38.1 Å². The van der Waals surface area contributed by atoms with Gasteiger partial charge in [0.05, 0.1) is 5.69 Å². The van der Waals surface area contributed by atoms with Crippen molar-refractivity contribution in [3.63, 3.8) is 0 Å². The molecule has 5 heteroatoms. The molecular formula is C22H23NO4. The molecule has 0 fully saturated rings. The molecule has 0 bridgehead atoms. The molecule has 2 aromatic carbocycles. The molecule has 1 atom stereocenters. The fourth-order valence-electron chi connectivity index (χ4n) is 2.62. The number of anilines is 1. The molecule has 2 N–H and O–H groups in total. The first kappa shape index (κ1) is 18.6. The van der Waals surface area contributed by atoms with Crippen molar-refractivity contribution in [3.05, 3.63) is 77.7 Å². The fraction of sp³-hybridized carbons (Fsp3) is 0.227. The van der Waals surface area contributed by atoms with E-state index in [-0.39, 0.29) is 18.1 Å². The molecule has 0 saturated heterocycles. The van der Waals surface area contributed by atoms with Gasteiger partial charge < -0.3 is 19.6 Å². The Kier molecular flexibility index (Phi) is 5.81. The second kappa shape index (κ2) is 8.45. The number of para-hydroxylation sites is 2. The van der Waals surface area contributed by atoms with Gasteiger partial charge >= 0.3 is 0 Å². The van der Waals surface area contributed by atoms with E-state index in [4.69, 9.17) is 9.15 Å². The summed E-state index contributed by atoms with van der Waals surface area (Å²) < 4.78 is 11.3. The highest BCUT2D eigenvalue weighted by molar-refractivity contribution is 6.03. The van der Waals surface area contributed by atoms with E-state index in [1.54, 1.807) is 30.3 Å². The Morgan fingerprint density at radius 1 is 1.11 bits per heavy atom. The van der Waals surface area contributed by atoms with E-state index in [2.05, 4.69) is 31.3 Å². The number of aromatic hydroxyl groups is 1. The highest BCUT2D eigenvalue weighted by atomic mass is 16.5. The largest absolute Gasteiger partial charge is 0.506 e. The molecular weight excluding hydrogens is 342 g/mol. The molecule has 0 saturated carbocycles. The number of phenols is 1. The molecule has 140 valence electrons. The van der Waals surface area contributed by atoms with E-state index in [1.807, 2.05) is 12.1 Å². The van der Waals surface area contributed by atoms with Crippen LogP contribution in [0.2, 0.25) is 0 Å². The third-order valence-electron chi connectivity index (χ3n) is 4.48. The molecule has 5 nitrogen and oxygen atoms in total. The van der Waals surface area contributed by atoms with Crippen LogP contribution in [0, 0.1) is 0 Å². The number of phenolic OH excluding ortho intramolecular Hbond substituents is 1. The summed E-state index contributed by atoms with van der Waals surface area (Å²) in [6, 6.07) is 17.8. The summed E-state index contributed by atoms with van der Waals surface area (Å²) in [6.07, 6.45) is 1.10. The summed E-state index contributed by atoms with van der Waals surface area (Å²) in [5, 5.41) is 12.3. The number of benzene rings is 2. The Morgan fingerprint density at radius 2 is 1.85 bits per heavy atom. The van der Waals surface area contributed by atoms with Crippen LogP contribution < -0.4 is 10.1 Å². The smallest absolute Gasteiger partial charge is 0.291 e. The van der Waals surface area contributed by atoms with Crippen LogP contribution in [-0.2, 0) is 6.61 Å². The third-order valence-corrected chi connectivity index (χ3v) is 4.48. The van der Waals surface area contributed by atoms with Gasteiger partial charge in [0.15, 0.2) is 5.76 Å². The van der Waals surface area contributed by atoms with Gasteiger partial charge in [-0.15, -0.1) is 0 Å². The monoisotopic (exact) mass is 365 g/mol. The van der Waals surface area contributed by atoms with Crippen molar-refractivity contribution in [2.75, 3.05) is 5.32 Å². The Balaban J connectivity index is 1.58. The highest BCUT2D eigenvalue weighted by Gasteiger charge is 2.13. The number of amides is 1. The topological polar surface area (TPSA) is 71.7 Å². The lowest BCUT2D eigenvalue weighted by Gasteiger charge is -2.10. The van der Waals surface area contributed by atoms with Gasteiger partial charge in [0.25, 0.3) is 5.91 Å². The van der Waals surface area contributed by atoms with Crippen LogP contribution in [0.25, 0.3) is 0 Å². The summed E-state index contributed by atoms with van der Waals surface area (Å²) in [5.41, 5.74) is 1.61. The van der Waals surface area contributed by atoms with Crippen LogP contribution in [0.3, 0.4) is 0 Å². The SMILES string of the molecule is CCC(C)c1ccc(OCc2ccc(C(=O)Nc3ccccc3O)o2)cc1. The molecule has 0 aliphatic heterocycles. The van der Waals surface area contributed by atoms with E-state index in [0.717, 1.165) is 12.2 Å². The maximum Gasteiger partial charge on any atom is 0.291 e. The van der Waals surface area contributed by atoms with Crippen LogP contribution in [0.15, 0.2) is 65.1 Å². The van der Waals surface area contributed by atoms with E-state index in [0.29, 0.717) is 17.4 Å². The Hall–Kier alpha value is -3.21. The molecule has 0 radical (unpaired) electrons. The van der Waals surface area contributed by atoms with E-state index in [1.165, 1.54) is 11.6 Å². The predicted molar refractivity (Wildman–Crippen MR) is 104 cm³/mol. The van der Waals surface area contributed by atoms with Gasteiger partial charge in [-0.3, -0.25) is 4.79 Å². The third kappa shape index (κ3) is 4.70. The molecule has 0 spiro atoms. The summed E-state index contributed by atoms with van der Waals surface area (Å²) in [6.45, 7) is 4.59. The lowest BCUT2D eigenvalue weighted by atomic mass is 9.99. The Labute approximate surface area is 158 Å². The van der Waals surface area contributed by atoms with Crippen LogP contribution in [0.5, 0.6) is 11.5 Å². The fourth-order valence-corrected chi connectivity index (χ4v) is 2.62. The predicted octanol–water partition coefficient (Wildman–Crippen LogP) is 5.33. The number of ether oxygens (including phenoxy) is 1. The maximum atomic E-state index is 12.2. The van der Waals surface area contributed by atoms with Crippen molar-refractivity contribution >= 4 is 11.6 Å². The molecule has 1 aromatic heterocycles. The first-order chi connectivity index (χ1) is 13.1. The zero-order valence-corrected chi connectivity index (χ0v) is 15.4. The number of hydrogen-bond acceptors (Lipinski definition) is 4. The van der Waals surface area contributed by atoms with Crippen molar-refractivity contribution in [3.8, 4) is 11.5 Å². The lowest BCUT2D eigenvalue weighted by molar-refractivity contribution is 0.0992. The zero-order valence-electron chi connectivity index (χ0n) is 15.4. The normalized spacial score (nSPS) is 11.8. The quantitative estimate of drug-likeness (QED) is 0.555. The Bertz CT molecular complexity index is 899. The van der Waals surface area contributed by atoms with Gasteiger partial charge in [0.1, 0.15) is 23.9 Å². The second-order valence-corrected chi connectivity index (χ2v) is 6.40. The summed E-state index contributed by atoms with van der Waals surface area (Å²) in [7, 11) is 0. The number of hydrogen-bond donors (Lipinski definition) is 2. The molecule has 27 heavy (non-hydrogen) atoms. The van der Waals surface area contributed by atoms with E-state index < -0.39 is 5.91 Å². The Morgan fingerprint density at radius 3 is 2.56 bits per heavy atom. The van der Waals surface area contributed by atoms with E-state index in [9.17, 15) is 9.90 Å². The first-order valence-electron chi connectivity index (χ1n) is 8.97. The number of carbonyl (C=O) groups is 1. The molecule has 0 aliphatic rings. The van der Waals surface area contributed by atoms with Crippen molar-refractivity contribution in [1.29, 1.82) is 0 Å². The number of furan rings is 1. The van der Waals surface area contributed by atoms with Gasteiger partial charge in [-0.05, 0) is 54.3 Å². The lowest BCUT2D eigenvalue weighted by Crippen LogP contribution is -2.10. The zero-order chi connectivity index (χ0) is 19.2. The van der Waals surface area contributed by atoms with Crippen LogP contribution in [0.1, 0.15) is 48.1 Å². The molecule has 3 rings (SSSR count). The molecule has 1 unspecified atom stereocenters. The van der Waals surface area contributed by atoms with Crippen molar-refractivity contribution < 1.29 is 19.1 Å². The van der Waals surface area contributed by atoms with Gasteiger partial charge in [-0.2, -0.15) is 0 Å². The van der Waals surface area contributed by atoms with E-state index >= 15 is 0 Å². The van der Waals surface area contributed by atoms with Crippen LogP contribution >= 0.6 is 0 Å². The molecule has 0 aliphatic carbocycles. The van der Waals surface area contributed by atoms with Crippen molar-refractivity contribution in [2.45, 2.75) is 32.8 Å². The summed E-state index contributed by atoms with van der Waals surface area (Å²) in [5.74, 6) is 1.54. The van der Waals surface area contributed by atoms with Gasteiger partial charge in [0.2, 0.25) is 0 Å². The average molecular weight is 365 g/mol. The number of nitrogens with one attached hydrogen (secondary N) is 1. The minimum atomic E-state index is -0.430. The molecule has 1 amide bonds. The first-order valence-corrected chi connectivity index (χ1v) is 8.97. The maximum absolute atomic E-state index is 12.2. The second-order valence-electron chi connectivity index (χ2n) is 6.40. The minimum Gasteiger partial charge on any atom is -0.506 e. The van der Waals surface area contributed by atoms with Crippen molar-refractivity contribution in [1.82, 2.24) is 0 Å². The highest BCUT2D eigenvalue weighted by Crippen LogP contribution is 2.24. The standard InChI is InChI=1S/C22H23NO4/c1-3-15(2)16-8-10-17(11-9-16)26-14-18-12-13-21(27-18)22(25)23-19-6-4-5-7-20(19)24/h4-13,15,24H,3,14H2,1-2H3,(H,23,25). The summed E-state index contributed by atoms with van der Waals surface area (Å²) in [4.78, 5) is 12.2. The van der Waals surface area contributed by atoms with Crippen LogP contribution in [0.4, 0.5) is 5.69 Å². The van der Waals surface area contributed by atoms with Gasteiger partial charge in [-0.25, -0.2) is 0 Å². The molecule has 1 heterocycles. The van der Waals surface area contributed by atoms with Crippen molar-refractivity contribution in [2.24, 2.45) is 0 Å². The molecule has 3 aromatic rings. The van der Waals surface area contributed by atoms with Crippen LogP contribution in [-0.4, -0.2) is 11.0 Å². The number of rotatable bonds is 7. The number of carbonyl (C=O) groups excluding carboxylic acids is 1. The average Bonchev–Trinajstić information content (AvgIpc) is 3.17. The summed E-state index contributed by atoms with van der Waals surface area (Å²) >= 11 is 0. The van der Waals surface area contributed by atoms with Gasteiger partial charge in [0, 0.05) is 0 Å².